The van der Waals surface area contributed by atoms with Crippen molar-refractivity contribution < 1.29 is 27.1 Å². The number of alkyl halides is 3. The SMILES string of the molecule is [C-]#[N+]c1ccc(Oc2cc(NC(=O)Nc3cccc(C(F)(F)F)c3)ccc2F)cc1. The third-order valence-electron chi connectivity index (χ3n) is 3.83. The summed E-state index contributed by atoms with van der Waals surface area (Å²) in [5.74, 6) is -0.581. The van der Waals surface area contributed by atoms with Crippen molar-refractivity contribution in [3.63, 3.8) is 0 Å². The van der Waals surface area contributed by atoms with Gasteiger partial charge in [0, 0.05) is 17.4 Å². The molecule has 3 rings (SSSR count). The zero-order chi connectivity index (χ0) is 21.7. The van der Waals surface area contributed by atoms with Crippen molar-refractivity contribution in [2.24, 2.45) is 0 Å². The van der Waals surface area contributed by atoms with E-state index in [9.17, 15) is 22.4 Å². The monoisotopic (exact) mass is 415 g/mol. The van der Waals surface area contributed by atoms with E-state index in [4.69, 9.17) is 11.3 Å². The van der Waals surface area contributed by atoms with Gasteiger partial charge in [-0.1, -0.05) is 18.2 Å². The minimum Gasteiger partial charge on any atom is -0.454 e. The molecule has 0 fully saturated rings. The van der Waals surface area contributed by atoms with E-state index in [-0.39, 0.29) is 22.9 Å². The molecule has 0 aliphatic carbocycles. The van der Waals surface area contributed by atoms with Crippen molar-refractivity contribution >= 4 is 23.1 Å². The van der Waals surface area contributed by atoms with Crippen LogP contribution < -0.4 is 15.4 Å². The number of amides is 2. The Morgan fingerprint density at radius 3 is 2.23 bits per heavy atom. The number of ether oxygens (including phenoxy) is 1. The Bertz CT molecular complexity index is 1110. The molecule has 2 N–H and O–H groups in total. The molecule has 0 bridgehead atoms. The van der Waals surface area contributed by atoms with Crippen molar-refractivity contribution in [1.29, 1.82) is 0 Å². The first-order valence-corrected chi connectivity index (χ1v) is 8.45. The predicted octanol–water partition coefficient (Wildman–Crippen LogP) is 6.83. The molecular formula is C21H13F4N3O2. The van der Waals surface area contributed by atoms with Crippen LogP contribution in [0, 0.1) is 12.4 Å². The second-order valence-electron chi connectivity index (χ2n) is 6.01. The Labute approximate surface area is 168 Å². The highest BCUT2D eigenvalue weighted by Crippen LogP contribution is 2.31. The number of nitrogens with one attached hydrogen (secondary N) is 2. The Kier molecular flexibility index (Phi) is 5.88. The van der Waals surface area contributed by atoms with Gasteiger partial charge in [0.25, 0.3) is 0 Å². The summed E-state index contributed by atoms with van der Waals surface area (Å²) in [4.78, 5) is 15.3. The number of anilines is 2. The lowest BCUT2D eigenvalue weighted by atomic mass is 10.2. The summed E-state index contributed by atoms with van der Waals surface area (Å²) in [5.41, 5.74) is -0.402. The van der Waals surface area contributed by atoms with Crippen LogP contribution in [0.3, 0.4) is 0 Å². The molecule has 30 heavy (non-hydrogen) atoms. The largest absolute Gasteiger partial charge is 0.454 e. The summed E-state index contributed by atoms with van der Waals surface area (Å²) >= 11 is 0. The number of hydrogen-bond acceptors (Lipinski definition) is 2. The van der Waals surface area contributed by atoms with E-state index in [1.54, 1.807) is 0 Å². The molecule has 0 spiro atoms. The minimum atomic E-state index is -4.54. The molecule has 152 valence electrons. The molecule has 3 aromatic rings. The fourth-order valence-corrected chi connectivity index (χ4v) is 2.44. The number of carbonyl (C=O) groups excluding carboxylic acids is 1. The molecule has 0 saturated heterocycles. The van der Waals surface area contributed by atoms with Crippen molar-refractivity contribution in [3.05, 3.63) is 89.5 Å². The lowest BCUT2D eigenvalue weighted by molar-refractivity contribution is -0.137. The van der Waals surface area contributed by atoms with Crippen LogP contribution in [0.2, 0.25) is 0 Å². The molecule has 5 nitrogen and oxygen atoms in total. The topological polar surface area (TPSA) is 54.7 Å². The zero-order valence-corrected chi connectivity index (χ0v) is 15.1. The third kappa shape index (κ3) is 5.26. The van der Waals surface area contributed by atoms with Gasteiger partial charge in [-0.3, -0.25) is 0 Å². The molecule has 0 aromatic heterocycles. The second kappa shape index (κ2) is 8.53. The van der Waals surface area contributed by atoms with Gasteiger partial charge in [-0.15, -0.1) is 0 Å². The average Bonchev–Trinajstić information content (AvgIpc) is 2.70. The highest BCUT2D eigenvalue weighted by molar-refractivity contribution is 5.99. The maximum absolute atomic E-state index is 14.0. The van der Waals surface area contributed by atoms with E-state index in [0.717, 1.165) is 18.2 Å². The van der Waals surface area contributed by atoms with Gasteiger partial charge in [0.05, 0.1) is 12.1 Å². The van der Waals surface area contributed by atoms with Crippen LogP contribution in [-0.2, 0) is 6.18 Å². The first kappa shape index (κ1) is 20.7. The summed E-state index contributed by atoms with van der Waals surface area (Å²) < 4.78 is 57.8. The first-order chi connectivity index (χ1) is 14.2. The number of halogens is 4. The van der Waals surface area contributed by atoms with E-state index in [0.29, 0.717) is 5.69 Å². The van der Waals surface area contributed by atoms with Crippen LogP contribution in [0.4, 0.5) is 39.4 Å². The lowest BCUT2D eigenvalue weighted by Crippen LogP contribution is -2.19. The maximum atomic E-state index is 14.0. The lowest BCUT2D eigenvalue weighted by Gasteiger charge is -2.12. The van der Waals surface area contributed by atoms with Crippen LogP contribution in [0.15, 0.2) is 66.7 Å². The van der Waals surface area contributed by atoms with Gasteiger partial charge in [-0.25, -0.2) is 14.0 Å². The van der Waals surface area contributed by atoms with E-state index >= 15 is 0 Å². The van der Waals surface area contributed by atoms with Crippen LogP contribution >= 0.6 is 0 Å². The van der Waals surface area contributed by atoms with Gasteiger partial charge in [0.15, 0.2) is 17.3 Å². The molecular weight excluding hydrogens is 402 g/mol. The van der Waals surface area contributed by atoms with Gasteiger partial charge in [-0.05, 0) is 42.5 Å². The molecule has 2 amide bonds. The maximum Gasteiger partial charge on any atom is 0.416 e. The van der Waals surface area contributed by atoms with E-state index in [2.05, 4.69) is 15.5 Å². The average molecular weight is 415 g/mol. The number of benzene rings is 3. The highest BCUT2D eigenvalue weighted by Gasteiger charge is 2.30. The summed E-state index contributed by atoms with van der Waals surface area (Å²) in [6.07, 6.45) is -4.54. The van der Waals surface area contributed by atoms with Gasteiger partial charge in [0.1, 0.15) is 5.75 Å². The van der Waals surface area contributed by atoms with Crippen LogP contribution in [0.1, 0.15) is 5.56 Å². The van der Waals surface area contributed by atoms with E-state index < -0.39 is 23.6 Å². The van der Waals surface area contributed by atoms with E-state index in [1.165, 1.54) is 48.5 Å². The minimum absolute atomic E-state index is 0.0548. The van der Waals surface area contributed by atoms with Crippen molar-refractivity contribution in [3.8, 4) is 11.5 Å². The summed E-state index contributed by atoms with van der Waals surface area (Å²) in [6.45, 7) is 6.91. The summed E-state index contributed by atoms with van der Waals surface area (Å²) in [6, 6.07) is 12.9. The van der Waals surface area contributed by atoms with E-state index in [1.807, 2.05) is 0 Å². The van der Waals surface area contributed by atoms with Crippen LogP contribution in [0.25, 0.3) is 4.85 Å². The Morgan fingerprint density at radius 2 is 1.60 bits per heavy atom. The number of carbonyl (C=O) groups is 1. The van der Waals surface area contributed by atoms with Gasteiger partial charge < -0.3 is 15.4 Å². The molecule has 0 aliphatic rings. The Balaban J connectivity index is 1.70. The number of rotatable bonds is 4. The van der Waals surface area contributed by atoms with Crippen LogP contribution in [0.5, 0.6) is 11.5 Å². The molecule has 0 aliphatic heterocycles. The first-order valence-electron chi connectivity index (χ1n) is 8.45. The van der Waals surface area contributed by atoms with Crippen LogP contribution in [-0.4, -0.2) is 6.03 Å². The zero-order valence-electron chi connectivity index (χ0n) is 15.1. The molecule has 0 atom stereocenters. The quantitative estimate of drug-likeness (QED) is 0.362. The normalized spacial score (nSPS) is 10.8. The smallest absolute Gasteiger partial charge is 0.416 e. The molecule has 3 aromatic carbocycles. The second-order valence-corrected chi connectivity index (χ2v) is 6.01. The standard InChI is InChI=1S/C21H13F4N3O2/c1-26-14-5-8-17(9-6-14)30-19-12-16(7-10-18(19)22)28-20(29)27-15-4-2-3-13(11-15)21(23,24)25/h2-12H,(H2,27,28,29). The third-order valence-corrected chi connectivity index (χ3v) is 3.83. The molecule has 0 heterocycles. The number of urea groups is 1. The fourth-order valence-electron chi connectivity index (χ4n) is 2.44. The molecule has 0 radical (unpaired) electrons. The number of hydrogen-bond donors (Lipinski definition) is 2. The Morgan fingerprint density at radius 1 is 0.933 bits per heavy atom. The number of nitrogens with zero attached hydrogens (tertiary/aromatic N) is 1. The predicted molar refractivity (Wildman–Crippen MR) is 103 cm³/mol. The highest BCUT2D eigenvalue weighted by atomic mass is 19.4. The van der Waals surface area contributed by atoms with Gasteiger partial charge in [0.2, 0.25) is 0 Å². The summed E-state index contributed by atoms with van der Waals surface area (Å²) in [5, 5.41) is 4.69. The van der Waals surface area contributed by atoms with Gasteiger partial charge in [-0.2, -0.15) is 13.2 Å². The van der Waals surface area contributed by atoms with Crippen molar-refractivity contribution in [2.75, 3.05) is 10.6 Å². The Hall–Kier alpha value is -4.06. The fraction of sp³-hybridized carbons (Fsp3) is 0.0476. The molecule has 9 heteroatoms. The molecule has 0 unspecified atom stereocenters. The van der Waals surface area contributed by atoms with Crippen molar-refractivity contribution in [2.45, 2.75) is 6.18 Å². The molecule has 0 saturated carbocycles. The van der Waals surface area contributed by atoms with Gasteiger partial charge >= 0.3 is 12.2 Å². The summed E-state index contributed by atoms with van der Waals surface area (Å²) in [7, 11) is 0. The van der Waals surface area contributed by atoms with Crippen molar-refractivity contribution in [1.82, 2.24) is 0 Å².